The zero-order valence-electron chi connectivity index (χ0n) is 19.5. The van der Waals surface area contributed by atoms with Crippen molar-refractivity contribution in [3.63, 3.8) is 0 Å². The molecule has 6 N–H and O–H groups in total. The summed E-state index contributed by atoms with van der Waals surface area (Å²) in [5, 5.41) is 56.1. The Bertz CT molecular complexity index is 618. The largest absolute Gasteiger partial charge is 1.00 e. The van der Waals surface area contributed by atoms with Crippen LogP contribution in [-0.4, -0.2) is 76.4 Å². The number of likely N-dealkylation sites (tertiary alicyclic amines) is 1. The van der Waals surface area contributed by atoms with E-state index in [2.05, 4.69) is 30.6 Å². The summed E-state index contributed by atoms with van der Waals surface area (Å²) >= 11 is 0. The van der Waals surface area contributed by atoms with Gasteiger partial charge in [0, 0.05) is 18.4 Å². The summed E-state index contributed by atoms with van der Waals surface area (Å²) in [6.07, 6.45) is 2.70. The fourth-order valence-electron chi connectivity index (χ4n) is 2.50. The fraction of sp³-hybridized carbons (Fsp3) is 0.600. The molecule has 1 aromatic rings. The van der Waals surface area contributed by atoms with Crippen LogP contribution < -0.4 is 29.6 Å². The minimum Gasteiger partial charge on any atom is -0.385 e. The molecule has 1 amide bonds. The molecule has 0 radical (unpaired) electrons. The molecule has 11 nitrogen and oxygen atoms in total. The second kappa shape index (κ2) is 16.8. The van der Waals surface area contributed by atoms with E-state index in [0.29, 0.717) is 18.9 Å². The van der Waals surface area contributed by atoms with Gasteiger partial charge in [0.2, 0.25) is 0 Å². The molecule has 12 heteroatoms. The Kier molecular flexibility index (Phi) is 18.8. The van der Waals surface area contributed by atoms with Crippen molar-refractivity contribution in [2.75, 3.05) is 13.1 Å². The number of carbonyl (C=O) groups excluding carboxylic acids is 1. The predicted molar refractivity (Wildman–Crippen MR) is 113 cm³/mol. The van der Waals surface area contributed by atoms with E-state index in [0.717, 1.165) is 23.4 Å². The third-order valence-electron chi connectivity index (χ3n) is 4.21. The monoisotopic (exact) mass is 470 g/mol. The van der Waals surface area contributed by atoms with Crippen molar-refractivity contribution in [1.29, 1.82) is 0 Å². The van der Waals surface area contributed by atoms with Crippen molar-refractivity contribution in [2.24, 2.45) is 5.92 Å². The fourth-order valence-corrected chi connectivity index (χ4v) is 2.50. The van der Waals surface area contributed by atoms with Crippen molar-refractivity contribution in [2.45, 2.75) is 57.7 Å². The van der Waals surface area contributed by atoms with Gasteiger partial charge in [0.1, 0.15) is 6.73 Å². The summed E-state index contributed by atoms with van der Waals surface area (Å²) in [7, 11) is 0. The Morgan fingerprint density at radius 3 is 2.16 bits per heavy atom. The molecule has 1 atom stereocenters. The van der Waals surface area contributed by atoms with Gasteiger partial charge in [-0.2, -0.15) is 17.9 Å². The summed E-state index contributed by atoms with van der Waals surface area (Å²) in [4.78, 5) is 12.4. The first-order valence-corrected chi connectivity index (χ1v) is 9.60. The number of hydrogen-bond acceptors (Lipinski definition) is 9. The number of aromatic nitrogens is 2. The molecule has 184 valence electrons. The summed E-state index contributed by atoms with van der Waals surface area (Å²) in [5.74, 6) is -7.43. The third-order valence-corrected chi connectivity index (χ3v) is 4.21. The molecule has 32 heavy (non-hydrogen) atoms. The van der Waals surface area contributed by atoms with E-state index in [1.54, 1.807) is 10.9 Å². The number of ether oxygens (including phenoxy) is 1. The summed E-state index contributed by atoms with van der Waals surface area (Å²) in [6, 6.07) is 1.90. The SMILES string of the molecule is CC.[CH2-]C1CCN(C(=O)OC(O)(O)C(O)(O)O)C1.[CH2-]CC(C[CH2-])c1ccnn1CO.[CH3-].[Na+]. The van der Waals surface area contributed by atoms with Crippen LogP contribution in [0.4, 0.5) is 4.79 Å². The van der Waals surface area contributed by atoms with Crippen LogP contribution in [0.2, 0.25) is 0 Å². The Balaban J connectivity index is -0.000000474. The third kappa shape index (κ3) is 10.9. The predicted octanol–water partition coefficient (Wildman–Crippen LogP) is -2.61. The van der Waals surface area contributed by atoms with E-state index in [1.807, 2.05) is 19.9 Å². The maximum atomic E-state index is 11.3. The van der Waals surface area contributed by atoms with Gasteiger partial charge in [0.15, 0.2) is 0 Å². The molecule has 1 aliphatic heterocycles. The van der Waals surface area contributed by atoms with Gasteiger partial charge in [0.25, 0.3) is 0 Å². The molecule has 2 heterocycles. The number of aliphatic hydroxyl groups excluding tert-OH is 1. The van der Waals surface area contributed by atoms with Crippen molar-refractivity contribution >= 4 is 6.09 Å². The van der Waals surface area contributed by atoms with E-state index in [1.165, 1.54) is 0 Å². The average molecular weight is 471 g/mol. The molecule has 0 aromatic carbocycles. The smallest absolute Gasteiger partial charge is 0.385 e. The topological polar surface area (TPSA) is 169 Å². The normalized spacial score (nSPS) is 15.5. The Hall–Kier alpha value is -0.760. The van der Waals surface area contributed by atoms with Crippen LogP contribution in [0.5, 0.6) is 0 Å². The summed E-state index contributed by atoms with van der Waals surface area (Å²) < 4.78 is 5.53. The van der Waals surface area contributed by atoms with Gasteiger partial charge in [0.05, 0.1) is 0 Å². The van der Waals surface area contributed by atoms with Gasteiger partial charge in [-0.15, -0.1) is 5.92 Å². The molecule has 0 aliphatic carbocycles. The molecule has 0 saturated carbocycles. The minimum atomic E-state index is -3.95. The molecule has 1 fully saturated rings. The summed E-state index contributed by atoms with van der Waals surface area (Å²) in [6.45, 7) is 15.8. The Morgan fingerprint density at radius 1 is 1.25 bits per heavy atom. The standard InChI is InChI=1S/C9H14N2O.C8H14NO7.C2H6.CH3.Na/c1-3-8(4-2)9-5-6-10-11(9)7-12;1-5-2-3-9(4-5)6(10)16-8(14,15)7(11,12)13;1-2;;/h5-6,8,12H,1-4,7H2;5,11-15H,1-4H2;1-2H3;1H3;/q-2;-1;;-1;+1. The van der Waals surface area contributed by atoms with Crippen LogP contribution in [0, 0.1) is 34.1 Å². The van der Waals surface area contributed by atoms with E-state index in [9.17, 15) is 4.79 Å². The second-order valence-corrected chi connectivity index (χ2v) is 6.38. The number of nitrogens with zero attached hydrogens (tertiary/aromatic N) is 3. The number of carbonyl (C=O) groups is 1. The van der Waals surface area contributed by atoms with Gasteiger partial charge in [-0.3, -0.25) is 0 Å². The van der Waals surface area contributed by atoms with Crippen LogP contribution in [0.1, 0.15) is 44.7 Å². The van der Waals surface area contributed by atoms with Crippen molar-refractivity contribution < 1.29 is 69.7 Å². The molecule has 0 bridgehead atoms. The molecule has 1 aliphatic rings. The van der Waals surface area contributed by atoms with Crippen LogP contribution in [-0.2, 0) is 11.5 Å². The first kappa shape index (κ1) is 35.8. The van der Waals surface area contributed by atoms with E-state index < -0.39 is 18.0 Å². The quantitative estimate of drug-likeness (QED) is 0.148. The van der Waals surface area contributed by atoms with Crippen molar-refractivity contribution in [3.05, 3.63) is 46.2 Å². The van der Waals surface area contributed by atoms with E-state index in [-0.39, 0.29) is 56.2 Å². The van der Waals surface area contributed by atoms with Crippen LogP contribution in [0.3, 0.4) is 0 Å². The molecule has 1 saturated heterocycles. The van der Waals surface area contributed by atoms with Gasteiger partial charge >= 0.3 is 47.6 Å². The van der Waals surface area contributed by atoms with Gasteiger partial charge in [-0.05, 0) is 12.6 Å². The average Bonchev–Trinajstić information content (AvgIpc) is 3.33. The second-order valence-electron chi connectivity index (χ2n) is 6.38. The first-order chi connectivity index (χ1) is 14.0. The van der Waals surface area contributed by atoms with Crippen molar-refractivity contribution in [1.82, 2.24) is 14.7 Å². The van der Waals surface area contributed by atoms with Gasteiger partial charge in [-0.1, -0.05) is 26.2 Å². The molecule has 1 unspecified atom stereocenters. The molecule has 2 rings (SSSR count). The zero-order chi connectivity index (χ0) is 23.5. The van der Waals surface area contributed by atoms with E-state index >= 15 is 0 Å². The van der Waals surface area contributed by atoms with Gasteiger partial charge in [-0.25, -0.2) is 9.48 Å². The number of hydrogen-bond donors (Lipinski definition) is 6. The number of aliphatic hydroxyl groups is 6. The number of rotatable bonds is 6. The molecular formula is C20H37N3NaO8-3. The van der Waals surface area contributed by atoms with Crippen LogP contribution in [0.15, 0.2) is 12.3 Å². The maximum absolute atomic E-state index is 11.3. The minimum absolute atomic E-state index is 0. The summed E-state index contributed by atoms with van der Waals surface area (Å²) in [5.41, 5.74) is 1.02. The molecule has 1 aromatic heterocycles. The Labute approximate surface area is 212 Å². The molecular weight excluding hydrogens is 433 g/mol. The molecule has 0 spiro atoms. The zero-order valence-corrected chi connectivity index (χ0v) is 21.5. The Morgan fingerprint density at radius 2 is 1.78 bits per heavy atom. The van der Waals surface area contributed by atoms with E-state index in [4.69, 9.17) is 30.6 Å². The van der Waals surface area contributed by atoms with Gasteiger partial charge < -0.3 is 68.5 Å². The first-order valence-electron chi connectivity index (χ1n) is 9.60. The van der Waals surface area contributed by atoms with Crippen molar-refractivity contribution in [3.8, 4) is 0 Å². The number of amides is 1. The van der Waals surface area contributed by atoms with Crippen LogP contribution in [0.25, 0.3) is 0 Å². The maximum Gasteiger partial charge on any atom is 1.00 e. The van der Waals surface area contributed by atoms with Crippen LogP contribution >= 0.6 is 0 Å².